The summed E-state index contributed by atoms with van der Waals surface area (Å²) < 4.78 is 28.8. The number of unbranched alkanes of at least 4 members (excludes halogenated alkanes) is 1. The number of aryl methyl sites for hydroxylation is 2. The summed E-state index contributed by atoms with van der Waals surface area (Å²) in [6.45, 7) is 2.25. The molecule has 0 radical (unpaired) electrons. The predicted octanol–water partition coefficient (Wildman–Crippen LogP) is 1.22. The van der Waals surface area contributed by atoms with Gasteiger partial charge in [0.25, 0.3) is 10.0 Å². The van der Waals surface area contributed by atoms with Crippen molar-refractivity contribution in [2.24, 2.45) is 7.05 Å². The van der Waals surface area contributed by atoms with Crippen molar-refractivity contribution in [2.75, 3.05) is 11.0 Å². The van der Waals surface area contributed by atoms with Gasteiger partial charge in [-0.05, 0) is 24.2 Å². The van der Waals surface area contributed by atoms with Gasteiger partial charge in [-0.1, -0.05) is 22.6 Å². The fourth-order valence-corrected chi connectivity index (χ4v) is 2.81. The van der Waals surface area contributed by atoms with Gasteiger partial charge >= 0.3 is 0 Å². The van der Waals surface area contributed by atoms with Gasteiger partial charge in [0, 0.05) is 19.8 Å². The summed E-state index contributed by atoms with van der Waals surface area (Å²) in [7, 11) is -1.65. The summed E-state index contributed by atoms with van der Waals surface area (Å²) in [4.78, 5) is 3.99. The van der Waals surface area contributed by atoms with Crippen LogP contribution in [0.1, 0.15) is 18.7 Å². The number of imidazole rings is 1. The van der Waals surface area contributed by atoms with E-state index in [1.165, 1.54) is 6.20 Å². The van der Waals surface area contributed by atoms with Crippen molar-refractivity contribution in [1.82, 2.24) is 14.3 Å². The van der Waals surface area contributed by atoms with E-state index in [-0.39, 0.29) is 5.03 Å². The summed E-state index contributed by atoms with van der Waals surface area (Å²) in [5.74, 6) is 0.688. The number of halogens is 1. The molecule has 1 heterocycles. The third-order valence-corrected chi connectivity index (χ3v) is 4.31. The molecule has 16 heavy (non-hydrogen) atoms. The molecule has 1 aromatic heterocycles. The lowest BCUT2D eigenvalue weighted by atomic mass is 10.3. The normalized spacial score (nSPS) is 11.9. The number of nitrogens with one attached hydrogen (secondary N) is 1. The van der Waals surface area contributed by atoms with E-state index in [4.69, 9.17) is 0 Å². The van der Waals surface area contributed by atoms with Crippen LogP contribution >= 0.6 is 22.6 Å². The molecule has 5 nitrogen and oxygen atoms in total. The largest absolute Gasteiger partial charge is 0.337 e. The Kier molecular flexibility index (Phi) is 5.19. The average molecular weight is 357 g/mol. The molecule has 92 valence electrons. The summed E-state index contributed by atoms with van der Waals surface area (Å²) in [6, 6.07) is 0. The first-order chi connectivity index (χ1) is 7.47. The lowest BCUT2D eigenvalue weighted by molar-refractivity contribution is 0.575. The highest BCUT2D eigenvalue weighted by Crippen LogP contribution is 2.07. The van der Waals surface area contributed by atoms with Crippen molar-refractivity contribution in [2.45, 2.75) is 24.8 Å². The van der Waals surface area contributed by atoms with Crippen molar-refractivity contribution in [3.63, 3.8) is 0 Å². The van der Waals surface area contributed by atoms with Crippen LogP contribution in [0, 0.1) is 6.92 Å². The molecule has 0 saturated carbocycles. The Hall–Kier alpha value is -0.150. The fourth-order valence-electron chi connectivity index (χ4n) is 1.16. The minimum absolute atomic E-state index is 0.0990. The highest BCUT2D eigenvalue weighted by Gasteiger charge is 2.17. The van der Waals surface area contributed by atoms with Crippen molar-refractivity contribution in [3.05, 3.63) is 12.0 Å². The minimum atomic E-state index is -3.43. The molecule has 0 fully saturated rings. The van der Waals surface area contributed by atoms with Crippen LogP contribution in [0.15, 0.2) is 11.2 Å². The standard InChI is InChI=1S/C9H16IN3O2S/c1-8-12-9(7-13(8)2)16(14,15)11-6-4-3-5-10/h7,11H,3-6H2,1-2H3. The van der Waals surface area contributed by atoms with Crippen LogP contribution in [0.25, 0.3) is 0 Å². The van der Waals surface area contributed by atoms with E-state index in [1.54, 1.807) is 18.5 Å². The van der Waals surface area contributed by atoms with E-state index in [0.29, 0.717) is 12.4 Å². The molecule has 1 rings (SSSR count). The number of hydrogen-bond acceptors (Lipinski definition) is 3. The van der Waals surface area contributed by atoms with Crippen LogP contribution in [-0.4, -0.2) is 28.9 Å². The van der Waals surface area contributed by atoms with Crippen molar-refractivity contribution >= 4 is 32.6 Å². The van der Waals surface area contributed by atoms with E-state index in [9.17, 15) is 8.42 Å². The van der Waals surface area contributed by atoms with Gasteiger partial charge in [-0.3, -0.25) is 0 Å². The van der Waals surface area contributed by atoms with Crippen molar-refractivity contribution in [3.8, 4) is 0 Å². The van der Waals surface area contributed by atoms with E-state index in [1.807, 2.05) is 0 Å². The maximum absolute atomic E-state index is 11.8. The average Bonchev–Trinajstić information content (AvgIpc) is 2.55. The fraction of sp³-hybridized carbons (Fsp3) is 0.667. The molecular weight excluding hydrogens is 341 g/mol. The molecule has 0 spiro atoms. The third kappa shape index (κ3) is 3.70. The van der Waals surface area contributed by atoms with Crippen LogP contribution in [-0.2, 0) is 17.1 Å². The van der Waals surface area contributed by atoms with Gasteiger partial charge in [0.05, 0.1) is 0 Å². The number of aromatic nitrogens is 2. The summed E-state index contributed by atoms with van der Waals surface area (Å²) in [6.07, 6.45) is 3.40. The zero-order valence-corrected chi connectivity index (χ0v) is 12.4. The molecule has 0 aliphatic carbocycles. The van der Waals surface area contributed by atoms with Gasteiger partial charge in [0.2, 0.25) is 0 Å². The molecule has 0 aliphatic heterocycles. The first-order valence-corrected chi connectivity index (χ1v) is 8.04. The summed E-state index contributed by atoms with van der Waals surface area (Å²) in [5, 5.41) is 0.0990. The topological polar surface area (TPSA) is 64.0 Å². The number of rotatable bonds is 6. The van der Waals surface area contributed by atoms with Gasteiger partial charge in [0.15, 0.2) is 5.03 Å². The van der Waals surface area contributed by atoms with Crippen LogP contribution in [0.3, 0.4) is 0 Å². The smallest absolute Gasteiger partial charge is 0.259 e. The molecule has 1 aromatic rings. The number of nitrogens with zero attached hydrogens (tertiary/aromatic N) is 2. The second-order valence-electron chi connectivity index (χ2n) is 3.53. The molecule has 0 atom stereocenters. The Labute approximate surface area is 110 Å². The second-order valence-corrected chi connectivity index (χ2v) is 6.32. The molecule has 7 heteroatoms. The van der Waals surface area contributed by atoms with Crippen LogP contribution < -0.4 is 4.72 Å². The highest BCUT2D eigenvalue weighted by atomic mass is 127. The van der Waals surface area contributed by atoms with E-state index in [0.717, 1.165) is 17.3 Å². The molecule has 0 bridgehead atoms. The maximum Gasteiger partial charge on any atom is 0.259 e. The summed E-state index contributed by atoms with van der Waals surface area (Å²) in [5.41, 5.74) is 0. The van der Waals surface area contributed by atoms with E-state index in [2.05, 4.69) is 32.3 Å². The zero-order valence-electron chi connectivity index (χ0n) is 9.40. The highest BCUT2D eigenvalue weighted by molar-refractivity contribution is 14.1. The number of hydrogen-bond donors (Lipinski definition) is 1. The maximum atomic E-state index is 11.8. The predicted molar refractivity (Wildman–Crippen MR) is 71.3 cm³/mol. The SMILES string of the molecule is Cc1nc(S(=O)(=O)NCCCCI)cn1C. The van der Waals surface area contributed by atoms with Crippen molar-refractivity contribution in [1.29, 1.82) is 0 Å². The lowest BCUT2D eigenvalue weighted by Crippen LogP contribution is -2.25. The molecule has 0 aliphatic rings. The molecular formula is C9H16IN3O2S. The lowest BCUT2D eigenvalue weighted by Gasteiger charge is -2.02. The zero-order chi connectivity index (χ0) is 12.2. The minimum Gasteiger partial charge on any atom is -0.337 e. The monoisotopic (exact) mass is 357 g/mol. The second kappa shape index (κ2) is 5.97. The number of sulfonamides is 1. The van der Waals surface area contributed by atoms with Crippen molar-refractivity contribution < 1.29 is 8.42 Å². The molecule has 0 saturated heterocycles. The molecule has 0 amide bonds. The van der Waals surface area contributed by atoms with Crippen LogP contribution in [0.2, 0.25) is 0 Å². The first kappa shape index (κ1) is 13.9. The van der Waals surface area contributed by atoms with Gasteiger partial charge in [-0.15, -0.1) is 0 Å². The Morgan fingerprint density at radius 3 is 2.69 bits per heavy atom. The Morgan fingerprint density at radius 1 is 1.50 bits per heavy atom. The number of alkyl halides is 1. The Balaban J connectivity index is 2.64. The van der Waals surface area contributed by atoms with Crippen LogP contribution in [0.4, 0.5) is 0 Å². The van der Waals surface area contributed by atoms with E-state index >= 15 is 0 Å². The van der Waals surface area contributed by atoms with Gasteiger partial charge < -0.3 is 4.57 Å². The third-order valence-electron chi connectivity index (χ3n) is 2.21. The molecule has 0 unspecified atom stereocenters. The van der Waals surface area contributed by atoms with Crippen LogP contribution in [0.5, 0.6) is 0 Å². The summed E-state index contributed by atoms with van der Waals surface area (Å²) >= 11 is 2.27. The van der Waals surface area contributed by atoms with Gasteiger partial charge in [-0.2, -0.15) is 0 Å². The first-order valence-electron chi connectivity index (χ1n) is 5.03. The van der Waals surface area contributed by atoms with E-state index < -0.39 is 10.0 Å². The van der Waals surface area contributed by atoms with Gasteiger partial charge in [0.1, 0.15) is 5.82 Å². The molecule has 1 N–H and O–H groups in total. The molecule has 0 aromatic carbocycles. The van der Waals surface area contributed by atoms with Gasteiger partial charge in [-0.25, -0.2) is 18.1 Å². The quantitative estimate of drug-likeness (QED) is 0.473. The Bertz CT molecular complexity index is 422. The Morgan fingerprint density at radius 2 is 2.19 bits per heavy atom.